The van der Waals surface area contributed by atoms with Gasteiger partial charge in [-0.3, -0.25) is 9.59 Å². The number of amides is 2. The molecule has 0 saturated carbocycles. The Hall–Kier alpha value is -3.10. The average Bonchev–Trinajstić information content (AvgIpc) is 2.73. The van der Waals surface area contributed by atoms with Crippen LogP contribution in [0.3, 0.4) is 0 Å². The minimum absolute atomic E-state index is 0.00249. The number of hydrogen-bond donors (Lipinski definition) is 2. The Labute approximate surface area is 165 Å². The fourth-order valence-corrected chi connectivity index (χ4v) is 3.40. The molecule has 144 valence electrons. The van der Waals surface area contributed by atoms with Crippen LogP contribution in [0.4, 0.5) is 5.69 Å². The van der Waals surface area contributed by atoms with Gasteiger partial charge in [-0.15, -0.1) is 0 Å². The highest BCUT2D eigenvalue weighted by atomic mass is 16.5. The molecule has 2 N–H and O–H groups in total. The van der Waals surface area contributed by atoms with E-state index in [0.717, 1.165) is 16.8 Å². The number of carbonyl (C=O) groups is 2. The predicted octanol–water partition coefficient (Wildman–Crippen LogP) is 2.86. The summed E-state index contributed by atoms with van der Waals surface area (Å²) in [6, 6.07) is 17.2. The molecule has 0 aliphatic carbocycles. The number of ether oxygens (including phenoxy) is 1. The summed E-state index contributed by atoms with van der Waals surface area (Å²) in [4.78, 5) is 24.0. The summed E-state index contributed by atoms with van der Waals surface area (Å²) in [6.45, 7) is 2.90. The second-order valence-electron chi connectivity index (χ2n) is 6.80. The van der Waals surface area contributed by atoms with Crippen molar-refractivity contribution in [3.8, 4) is 11.8 Å². The first-order chi connectivity index (χ1) is 13.6. The molecular formula is C23H24N2O3. The Morgan fingerprint density at radius 1 is 1.04 bits per heavy atom. The fourth-order valence-electron chi connectivity index (χ4n) is 3.40. The summed E-state index contributed by atoms with van der Waals surface area (Å²) < 4.78 is 5.48. The van der Waals surface area contributed by atoms with Crippen LogP contribution in [-0.2, 0) is 19.7 Å². The Balaban J connectivity index is 1.63. The summed E-state index contributed by atoms with van der Waals surface area (Å²) >= 11 is 0. The smallest absolute Gasteiger partial charge is 0.231 e. The number of carbonyl (C=O) groups excluding carboxylic acids is 2. The normalized spacial score (nSPS) is 15.0. The van der Waals surface area contributed by atoms with E-state index in [4.69, 9.17) is 4.74 Å². The molecule has 1 aliphatic heterocycles. The van der Waals surface area contributed by atoms with E-state index >= 15 is 0 Å². The number of rotatable bonds is 4. The molecule has 1 saturated heterocycles. The van der Waals surface area contributed by atoms with Crippen LogP contribution < -0.4 is 10.6 Å². The lowest BCUT2D eigenvalue weighted by molar-refractivity contribution is -0.130. The van der Waals surface area contributed by atoms with Gasteiger partial charge < -0.3 is 15.4 Å². The third-order valence-electron chi connectivity index (χ3n) is 4.88. The van der Waals surface area contributed by atoms with E-state index in [9.17, 15) is 9.59 Å². The summed E-state index contributed by atoms with van der Waals surface area (Å²) in [5, 5.41) is 5.69. The molecule has 0 unspecified atom stereocenters. The van der Waals surface area contributed by atoms with Crippen molar-refractivity contribution in [3.05, 3.63) is 65.7 Å². The summed E-state index contributed by atoms with van der Waals surface area (Å²) in [7, 11) is 0. The van der Waals surface area contributed by atoms with Gasteiger partial charge in [-0.25, -0.2) is 0 Å². The van der Waals surface area contributed by atoms with Crippen molar-refractivity contribution in [3.63, 3.8) is 0 Å². The third-order valence-corrected chi connectivity index (χ3v) is 4.88. The van der Waals surface area contributed by atoms with Gasteiger partial charge in [0.25, 0.3) is 0 Å². The van der Waals surface area contributed by atoms with Crippen LogP contribution in [0, 0.1) is 11.8 Å². The van der Waals surface area contributed by atoms with E-state index in [-0.39, 0.29) is 18.4 Å². The van der Waals surface area contributed by atoms with E-state index < -0.39 is 5.41 Å². The second-order valence-corrected chi connectivity index (χ2v) is 6.80. The van der Waals surface area contributed by atoms with Crippen molar-refractivity contribution in [1.82, 2.24) is 5.32 Å². The fraction of sp³-hybridized carbons (Fsp3) is 0.304. The molecule has 3 rings (SSSR count). The van der Waals surface area contributed by atoms with Crippen molar-refractivity contribution in [2.45, 2.75) is 25.2 Å². The van der Waals surface area contributed by atoms with Crippen molar-refractivity contribution in [1.29, 1.82) is 0 Å². The summed E-state index contributed by atoms with van der Waals surface area (Å²) in [5.74, 6) is 5.92. The SMILES string of the molecule is CC(=O)Nc1ccc(C#CCNC(=O)C2(c3ccccc3)CCOCC2)cc1. The van der Waals surface area contributed by atoms with E-state index in [0.29, 0.717) is 26.1 Å². The molecule has 1 fully saturated rings. The molecule has 2 aromatic carbocycles. The van der Waals surface area contributed by atoms with E-state index in [2.05, 4.69) is 22.5 Å². The molecule has 0 atom stereocenters. The Kier molecular flexibility index (Phi) is 6.46. The van der Waals surface area contributed by atoms with Gasteiger partial charge in [0.1, 0.15) is 0 Å². The molecule has 5 heteroatoms. The van der Waals surface area contributed by atoms with Crippen molar-refractivity contribution >= 4 is 17.5 Å². The van der Waals surface area contributed by atoms with E-state index in [1.165, 1.54) is 6.92 Å². The van der Waals surface area contributed by atoms with Crippen LogP contribution in [-0.4, -0.2) is 31.6 Å². The van der Waals surface area contributed by atoms with E-state index in [1.54, 1.807) is 12.1 Å². The zero-order chi connectivity index (χ0) is 19.8. The van der Waals surface area contributed by atoms with Crippen molar-refractivity contribution in [2.75, 3.05) is 25.1 Å². The monoisotopic (exact) mass is 376 g/mol. The van der Waals surface area contributed by atoms with Gasteiger partial charge in [0.15, 0.2) is 0 Å². The van der Waals surface area contributed by atoms with Crippen LogP contribution in [0.1, 0.15) is 30.9 Å². The molecule has 0 aromatic heterocycles. The van der Waals surface area contributed by atoms with Crippen molar-refractivity contribution in [2.24, 2.45) is 0 Å². The van der Waals surface area contributed by atoms with E-state index in [1.807, 2.05) is 42.5 Å². The van der Waals surface area contributed by atoms with Gasteiger partial charge in [0.2, 0.25) is 11.8 Å². The number of benzene rings is 2. The Morgan fingerprint density at radius 2 is 1.71 bits per heavy atom. The standard InChI is InChI=1S/C23H24N2O3/c1-18(26)25-21-11-9-19(10-12-21)6-5-15-24-22(27)23(13-16-28-17-14-23)20-7-3-2-4-8-20/h2-4,7-12H,13-17H2,1H3,(H,24,27)(H,25,26). The van der Waals surface area contributed by atoms with Gasteiger partial charge in [0, 0.05) is 31.4 Å². The molecule has 0 bridgehead atoms. The van der Waals surface area contributed by atoms with Gasteiger partial charge in [0.05, 0.1) is 12.0 Å². The minimum Gasteiger partial charge on any atom is -0.381 e. The maximum Gasteiger partial charge on any atom is 0.231 e. The molecule has 1 heterocycles. The lowest BCUT2D eigenvalue weighted by Gasteiger charge is -2.36. The number of nitrogens with one attached hydrogen (secondary N) is 2. The highest BCUT2D eigenvalue weighted by molar-refractivity contribution is 5.89. The topological polar surface area (TPSA) is 67.4 Å². The van der Waals surface area contributed by atoms with Crippen molar-refractivity contribution < 1.29 is 14.3 Å². The lowest BCUT2D eigenvalue weighted by atomic mass is 9.73. The maximum atomic E-state index is 13.0. The lowest BCUT2D eigenvalue weighted by Crippen LogP contribution is -2.48. The zero-order valence-electron chi connectivity index (χ0n) is 16.0. The average molecular weight is 376 g/mol. The van der Waals surface area contributed by atoms with Gasteiger partial charge >= 0.3 is 0 Å². The zero-order valence-corrected chi connectivity index (χ0v) is 16.0. The highest BCUT2D eigenvalue weighted by Crippen LogP contribution is 2.35. The highest BCUT2D eigenvalue weighted by Gasteiger charge is 2.41. The molecule has 5 nitrogen and oxygen atoms in total. The quantitative estimate of drug-likeness (QED) is 0.807. The van der Waals surface area contributed by atoms with Crippen LogP contribution in [0.5, 0.6) is 0 Å². The Bertz CT molecular complexity index is 874. The van der Waals surface area contributed by atoms with Crippen LogP contribution in [0.2, 0.25) is 0 Å². The first kappa shape index (κ1) is 19.7. The molecule has 2 aromatic rings. The minimum atomic E-state index is -0.554. The third kappa shape index (κ3) is 4.79. The first-order valence-corrected chi connectivity index (χ1v) is 9.38. The van der Waals surface area contributed by atoms with Crippen LogP contribution in [0.15, 0.2) is 54.6 Å². The van der Waals surface area contributed by atoms with Crippen LogP contribution in [0.25, 0.3) is 0 Å². The van der Waals surface area contributed by atoms with Crippen LogP contribution >= 0.6 is 0 Å². The second kappa shape index (κ2) is 9.20. The molecule has 2 amide bonds. The number of anilines is 1. The first-order valence-electron chi connectivity index (χ1n) is 9.38. The molecule has 28 heavy (non-hydrogen) atoms. The van der Waals surface area contributed by atoms with Gasteiger partial charge in [-0.1, -0.05) is 42.2 Å². The largest absolute Gasteiger partial charge is 0.381 e. The Morgan fingerprint density at radius 3 is 2.36 bits per heavy atom. The molecule has 0 spiro atoms. The summed E-state index contributed by atoms with van der Waals surface area (Å²) in [6.07, 6.45) is 1.34. The van der Waals surface area contributed by atoms with Gasteiger partial charge in [-0.05, 0) is 42.7 Å². The molecule has 1 aliphatic rings. The number of hydrogen-bond acceptors (Lipinski definition) is 3. The van der Waals surface area contributed by atoms with Gasteiger partial charge in [-0.2, -0.15) is 0 Å². The molecule has 0 radical (unpaired) electrons. The predicted molar refractivity (Wildman–Crippen MR) is 109 cm³/mol. The molecular weight excluding hydrogens is 352 g/mol. The maximum absolute atomic E-state index is 13.0. The summed E-state index contributed by atoms with van der Waals surface area (Å²) in [5.41, 5.74) is 2.03.